The Balaban J connectivity index is 2.63. The second kappa shape index (κ2) is 6.16. The number of hydrogen-bond acceptors (Lipinski definition) is 2. The van der Waals surface area contributed by atoms with E-state index in [0.717, 1.165) is 11.3 Å². The quantitative estimate of drug-likeness (QED) is 0.828. The van der Waals surface area contributed by atoms with E-state index in [2.05, 4.69) is 19.2 Å². The van der Waals surface area contributed by atoms with Gasteiger partial charge >= 0.3 is 0 Å². The predicted molar refractivity (Wildman–Crippen MR) is 64.7 cm³/mol. The van der Waals surface area contributed by atoms with Crippen molar-refractivity contribution in [1.82, 2.24) is 5.32 Å². The van der Waals surface area contributed by atoms with Gasteiger partial charge in [0.1, 0.15) is 5.75 Å². The topological polar surface area (TPSA) is 38.3 Å². The summed E-state index contributed by atoms with van der Waals surface area (Å²) in [5.74, 6) is 1.11. The zero-order valence-corrected chi connectivity index (χ0v) is 10.1. The van der Waals surface area contributed by atoms with E-state index in [1.807, 2.05) is 31.2 Å². The molecule has 16 heavy (non-hydrogen) atoms. The second-order valence-corrected chi connectivity index (χ2v) is 3.93. The van der Waals surface area contributed by atoms with Gasteiger partial charge in [-0.15, -0.1) is 0 Å². The van der Waals surface area contributed by atoms with E-state index in [1.165, 1.54) is 0 Å². The van der Waals surface area contributed by atoms with Crippen molar-refractivity contribution < 1.29 is 9.53 Å². The molecule has 3 nitrogen and oxygen atoms in total. The first kappa shape index (κ1) is 12.6. The molecule has 0 radical (unpaired) electrons. The highest BCUT2D eigenvalue weighted by atomic mass is 16.5. The molecule has 1 rings (SSSR count). The lowest BCUT2D eigenvalue weighted by Crippen LogP contribution is -2.28. The minimum absolute atomic E-state index is 0.0809. The van der Waals surface area contributed by atoms with Crippen LogP contribution in [0.5, 0.6) is 5.75 Å². The number of para-hydroxylation sites is 1. The minimum atomic E-state index is -0.0824. The number of carbonyl (C=O) groups is 1. The Labute approximate surface area is 96.8 Å². The van der Waals surface area contributed by atoms with E-state index in [-0.39, 0.29) is 12.5 Å². The molecule has 1 amide bonds. The van der Waals surface area contributed by atoms with Crippen LogP contribution >= 0.6 is 0 Å². The van der Waals surface area contributed by atoms with Gasteiger partial charge in [0.05, 0.1) is 0 Å². The molecule has 0 bridgehead atoms. The first-order valence-corrected chi connectivity index (χ1v) is 5.63. The fourth-order valence-electron chi connectivity index (χ4n) is 1.48. The molecule has 0 fully saturated rings. The Morgan fingerprint density at radius 3 is 2.69 bits per heavy atom. The van der Waals surface area contributed by atoms with Crippen molar-refractivity contribution in [2.24, 2.45) is 0 Å². The zero-order chi connectivity index (χ0) is 12.0. The van der Waals surface area contributed by atoms with Gasteiger partial charge in [0.15, 0.2) is 6.61 Å². The van der Waals surface area contributed by atoms with Crippen LogP contribution in [0.4, 0.5) is 0 Å². The van der Waals surface area contributed by atoms with E-state index >= 15 is 0 Å². The predicted octanol–water partition coefficient (Wildman–Crippen LogP) is 2.32. The largest absolute Gasteiger partial charge is 0.483 e. The Bertz CT molecular complexity index is 348. The molecule has 0 saturated heterocycles. The minimum Gasteiger partial charge on any atom is -0.483 e. The van der Waals surface area contributed by atoms with Crippen molar-refractivity contribution >= 4 is 5.91 Å². The Morgan fingerprint density at radius 1 is 1.38 bits per heavy atom. The average molecular weight is 221 g/mol. The van der Waals surface area contributed by atoms with Gasteiger partial charge < -0.3 is 10.1 Å². The first-order chi connectivity index (χ1) is 7.65. The van der Waals surface area contributed by atoms with Gasteiger partial charge in [-0.2, -0.15) is 0 Å². The lowest BCUT2D eigenvalue weighted by Gasteiger charge is -2.13. The fourth-order valence-corrected chi connectivity index (χ4v) is 1.48. The molecule has 0 aliphatic rings. The van der Waals surface area contributed by atoms with Crippen molar-refractivity contribution in [3.05, 3.63) is 29.8 Å². The van der Waals surface area contributed by atoms with Crippen molar-refractivity contribution in [3.8, 4) is 5.75 Å². The number of amides is 1. The summed E-state index contributed by atoms with van der Waals surface area (Å²) in [6.45, 7) is 6.81. The molecule has 0 aliphatic heterocycles. The average Bonchev–Trinajstić information content (AvgIpc) is 2.27. The molecule has 0 saturated carbocycles. The molecule has 1 aromatic carbocycles. The van der Waals surface area contributed by atoms with Gasteiger partial charge in [0, 0.05) is 6.54 Å². The third-order valence-electron chi connectivity index (χ3n) is 2.27. The maximum Gasteiger partial charge on any atom is 0.257 e. The summed E-state index contributed by atoms with van der Waals surface area (Å²) in [6.07, 6.45) is 0. The number of likely N-dealkylation sites (N-methyl/N-ethyl adjacent to an activating group) is 1. The number of rotatable bonds is 5. The summed E-state index contributed by atoms with van der Waals surface area (Å²) < 4.78 is 5.50. The summed E-state index contributed by atoms with van der Waals surface area (Å²) >= 11 is 0. The Morgan fingerprint density at radius 2 is 2.06 bits per heavy atom. The van der Waals surface area contributed by atoms with E-state index < -0.39 is 0 Å². The molecular weight excluding hydrogens is 202 g/mol. The fraction of sp³-hybridized carbons (Fsp3) is 0.462. The number of benzene rings is 1. The van der Waals surface area contributed by atoms with E-state index in [4.69, 9.17) is 4.74 Å². The van der Waals surface area contributed by atoms with Gasteiger partial charge in [-0.05, 0) is 24.5 Å². The Hall–Kier alpha value is -1.51. The van der Waals surface area contributed by atoms with Gasteiger partial charge in [-0.1, -0.05) is 32.0 Å². The van der Waals surface area contributed by atoms with Crippen molar-refractivity contribution in [2.75, 3.05) is 13.2 Å². The van der Waals surface area contributed by atoms with Crippen LogP contribution in [0.3, 0.4) is 0 Å². The number of ether oxygens (including phenoxy) is 1. The highest BCUT2D eigenvalue weighted by Crippen LogP contribution is 2.25. The molecule has 0 aliphatic carbocycles. The summed E-state index contributed by atoms with van der Waals surface area (Å²) in [4.78, 5) is 11.3. The Kier molecular flexibility index (Phi) is 4.83. The third-order valence-corrected chi connectivity index (χ3v) is 2.27. The summed E-state index contributed by atoms with van der Waals surface area (Å²) in [5, 5.41) is 2.70. The normalized spacial score (nSPS) is 10.2. The summed E-state index contributed by atoms with van der Waals surface area (Å²) in [6, 6.07) is 7.82. The first-order valence-electron chi connectivity index (χ1n) is 5.63. The van der Waals surface area contributed by atoms with Gasteiger partial charge in [0.25, 0.3) is 5.91 Å². The lowest BCUT2D eigenvalue weighted by atomic mass is 10.0. The van der Waals surface area contributed by atoms with E-state index in [1.54, 1.807) is 0 Å². The standard InChI is InChI=1S/C13H19NO2/c1-4-14-13(15)9-16-12-8-6-5-7-11(12)10(2)3/h5-8,10H,4,9H2,1-3H3,(H,14,15). The third kappa shape index (κ3) is 3.57. The van der Waals surface area contributed by atoms with Crippen LogP contribution in [0.1, 0.15) is 32.3 Å². The van der Waals surface area contributed by atoms with Crippen LogP contribution in [-0.2, 0) is 4.79 Å². The van der Waals surface area contributed by atoms with Crippen LogP contribution in [0, 0.1) is 0 Å². The van der Waals surface area contributed by atoms with Crippen molar-refractivity contribution in [3.63, 3.8) is 0 Å². The highest BCUT2D eigenvalue weighted by Gasteiger charge is 2.08. The molecule has 1 N–H and O–H groups in total. The van der Waals surface area contributed by atoms with Gasteiger partial charge in [0.2, 0.25) is 0 Å². The van der Waals surface area contributed by atoms with E-state index in [0.29, 0.717) is 12.5 Å². The molecule has 0 heterocycles. The molecule has 1 aromatic rings. The van der Waals surface area contributed by atoms with Crippen LogP contribution in [0.25, 0.3) is 0 Å². The second-order valence-electron chi connectivity index (χ2n) is 3.93. The summed E-state index contributed by atoms with van der Waals surface area (Å²) in [7, 11) is 0. The smallest absolute Gasteiger partial charge is 0.257 e. The van der Waals surface area contributed by atoms with Gasteiger partial charge in [-0.25, -0.2) is 0 Å². The van der Waals surface area contributed by atoms with E-state index in [9.17, 15) is 4.79 Å². The van der Waals surface area contributed by atoms with Crippen LogP contribution in [0.2, 0.25) is 0 Å². The number of hydrogen-bond donors (Lipinski definition) is 1. The monoisotopic (exact) mass is 221 g/mol. The van der Waals surface area contributed by atoms with Gasteiger partial charge in [-0.3, -0.25) is 4.79 Å². The maximum atomic E-state index is 11.3. The zero-order valence-electron chi connectivity index (χ0n) is 10.1. The molecular formula is C13H19NO2. The van der Waals surface area contributed by atoms with Crippen molar-refractivity contribution in [2.45, 2.75) is 26.7 Å². The molecule has 0 atom stereocenters. The molecule has 0 spiro atoms. The molecule has 0 aromatic heterocycles. The van der Waals surface area contributed by atoms with Crippen molar-refractivity contribution in [1.29, 1.82) is 0 Å². The molecule has 3 heteroatoms. The number of nitrogens with one attached hydrogen (secondary N) is 1. The lowest BCUT2D eigenvalue weighted by molar-refractivity contribution is -0.122. The maximum absolute atomic E-state index is 11.3. The van der Waals surface area contributed by atoms with Crippen LogP contribution in [0.15, 0.2) is 24.3 Å². The number of carbonyl (C=O) groups excluding carboxylic acids is 1. The SMILES string of the molecule is CCNC(=O)COc1ccccc1C(C)C. The van der Waals surface area contributed by atoms with Crippen LogP contribution in [-0.4, -0.2) is 19.1 Å². The molecule has 88 valence electrons. The molecule has 0 unspecified atom stereocenters. The summed E-state index contributed by atoms with van der Waals surface area (Å²) in [5.41, 5.74) is 1.13. The highest BCUT2D eigenvalue weighted by molar-refractivity contribution is 5.77. The van der Waals surface area contributed by atoms with Crippen LogP contribution < -0.4 is 10.1 Å².